The third kappa shape index (κ3) is 3.44. The van der Waals surface area contributed by atoms with Crippen molar-refractivity contribution in [2.24, 2.45) is 0 Å². The maximum atomic E-state index is 12.4. The van der Waals surface area contributed by atoms with Gasteiger partial charge in [0.1, 0.15) is 16.3 Å². The number of aryl methyl sites for hydroxylation is 1. The summed E-state index contributed by atoms with van der Waals surface area (Å²) in [6.07, 6.45) is 3.40. The lowest BCUT2D eigenvalue weighted by atomic mass is 9.86. The molecule has 0 aliphatic heterocycles. The molecule has 0 radical (unpaired) electrons. The van der Waals surface area contributed by atoms with Gasteiger partial charge in [-0.15, -0.1) is 10.2 Å². The van der Waals surface area contributed by atoms with E-state index in [2.05, 4.69) is 15.5 Å². The van der Waals surface area contributed by atoms with Crippen LogP contribution >= 0.6 is 11.3 Å². The Morgan fingerprint density at radius 3 is 2.89 bits per heavy atom. The average molecular weight is 385 g/mol. The summed E-state index contributed by atoms with van der Waals surface area (Å²) < 4.78 is 10.5. The van der Waals surface area contributed by atoms with Gasteiger partial charge in [-0.1, -0.05) is 17.8 Å². The molecule has 1 aromatic carbocycles. The molecule has 140 valence electrons. The van der Waals surface area contributed by atoms with Gasteiger partial charge in [0.25, 0.3) is 0 Å². The van der Waals surface area contributed by atoms with E-state index in [1.807, 2.05) is 13.0 Å². The maximum Gasteiger partial charge on any atom is 0.340 e. The number of carbonyl (C=O) groups is 1. The van der Waals surface area contributed by atoms with Gasteiger partial charge in [0, 0.05) is 17.4 Å². The Bertz CT molecular complexity index is 1070. The molecule has 4 rings (SSSR count). The summed E-state index contributed by atoms with van der Waals surface area (Å²) in [5.74, 6) is 0.767. The van der Waals surface area contributed by atoms with E-state index in [0.717, 1.165) is 28.8 Å². The number of ether oxygens (including phenoxy) is 1. The molecule has 27 heavy (non-hydrogen) atoms. The Hall–Kier alpha value is -2.74. The summed E-state index contributed by atoms with van der Waals surface area (Å²) in [5.41, 5.74) is 0.992. The highest BCUT2D eigenvalue weighted by Crippen LogP contribution is 2.38. The number of hydrogen-bond acceptors (Lipinski definition) is 7. The molecule has 2 heterocycles. The van der Waals surface area contributed by atoms with Gasteiger partial charge < -0.3 is 14.5 Å². The van der Waals surface area contributed by atoms with Crippen LogP contribution < -0.4 is 15.7 Å². The molecule has 0 bridgehead atoms. The number of benzene rings is 1. The van der Waals surface area contributed by atoms with E-state index in [1.54, 1.807) is 19.2 Å². The summed E-state index contributed by atoms with van der Waals surface area (Å²) >= 11 is 1.40. The minimum Gasteiger partial charge on any atom is -0.497 e. The first kappa shape index (κ1) is 17.7. The topological polar surface area (TPSA) is 94.3 Å². The monoisotopic (exact) mass is 385 g/mol. The standard InChI is InChI=1S/C19H19N3O4S/c1-10-13-7-6-12(25-2)8-15(13)26-18(24)14(10)9-16(23)20-19-22-21-17(27-19)11-4-3-5-11/h6-8,11H,3-5,9H2,1-2H3,(H,20,22,23). The normalized spacial score (nSPS) is 14.1. The highest BCUT2D eigenvalue weighted by Gasteiger charge is 2.24. The van der Waals surface area contributed by atoms with Crippen molar-refractivity contribution in [2.45, 2.75) is 38.5 Å². The van der Waals surface area contributed by atoms with Crippen molar-refractivity contribution in [3.05, 3.63) is 44.8 Å². The van der Waals surface area contributed by atoms with Crippen LogP contribution in [-0.2, 0) is 11.2 Å². The molecule has 7 nitrogen and oxygen atoms in total. The van der Waals surface area contributed by atoms with E-state index in [1.165, 1.54) is 17.8 Å². The van der Waals surface area contributed by atoms with E-state index in [9.17, 15) is 9.59 Å². The van der Waals surface area contributed by atoms with Gasteiger partial charge in [0.2, 0.25) is 11.0 Å². The van der Waals surface area contributed by atoms with E-state index < -0.39 is 5.63 Å². The average Bonchev–Trinajstić information content (AvgIpc) is 3.04. The first-order chi connectivity index (χ1) is 13.0. The van der Waals surface area contributed by atoms with Gasteiger partial charge in [-0.3, -0.25) is 4.79 Å². The Morgan fingerprint density at radius 1 is 1.37 bits per heavy atom. The molecule has 1 fully saturated rings. The van der Waals surface area contributed by atoms with Crippen LogP contribution in [0.5, 0.6) is 5.75 Å². The number of anilines is 1. The summed E-state index contributed by atoms with van der Waals surface area (Å²) in [6.45, 7) is 1.81. The molecule has 1 amide bonds. The second kappa shape index (κ2) is 7.11. The van der Waals surface area contributed by atoms with Crippen LogP contribution in [0, 0.1) is 6.92 Å². The van der Waals surface area contributed by atoms with Crippen LogP contribution in [-0.4, -0.2) is 23.2 Å². The number of hydrogen-bond donors (Lipinski definition) is 1. The van der Waals surface area contributed by atoms with Crippen LogP contribution in [0.3, 0.4) is 0 Å². The van der Waals surface area contributed by atoms with Crippen molar-refractivity contribution in [1.29, 1.82) is 0 Å². The number of carbonyl (C=O) groups excluding carboxylic acids is 1. The second-order valence-corrected chi connectivity index (χ2v) is 7.66. The minimum atomic E-state index is -0.518. The Kier molecular flexibility index (Phi) is 4.65. The van der Waals surface area contributed by atoms with Gasteiger partial charge in [0.05, 0.1) is 19.1 Å². The number of amides is 1. The first-order valence-electron chi connectivity index (χ1n) is 8.78. The number of rotatable bonds is 5. The third-order valence-corrected chi connectivity index (χ3v) is 5.97. The molecule has 0 atom stereocenters. The SMILES string of the molecule is COc1ccc2c(C)c(CC(=O)Nc3nnc(C4CCC4)s3)c(=O)oc2c1. The Balaban J connectivity index is 1.54. The zero-order valence-electron chi connectivity index (χ0n) is 15.1. The first-order valence-corrected chi connectivity index (χ1v) is 9.60. The predicted octanol–water partition coefficient (Wildman–Crippen LogP) is 3.41. The Labute approximate surface area is 159 Å². The number of methoxy groups -OCH3 is 1. The molecule has 3 aromatic rings. The van der Waals surface area contributed by atoms with Gasteiger partial charge in [-0.2, -0.15) is 0 Å². The maximum absolute atomic E-state index is 12.4. The van der Waals surface area contributed by atoms with E-state index in [4.69, 9.17) is 9.15 Å². The molecule has 1 aliphatic rings. The van der Waals surface area contributed by atoms with Gasteiger partial charge in [-0.25, -0.2) is 4.79 Å². The molecule has 0 spiro atoms. The van der Waals surface area contributed by atoms with Crippen LogP contribution in [0.15, 0.2) is 27.4 Å². The lowest BCUT2D eigenvalue weighted by Crippen LogP contribution is -2.20. The van der Waals surface area contributed by atoms with E-state index in [-0.39, 0.29) is 12.3 Å². The number of aromatic nitrogens is 2. The molecular formula is C19H19N3O4S. The Morgan fingerprint density at radius 2 is 2.19 bits per heavy atom. The number of nitrogens with zero attached hydrogens (tertiary/aromatic N) is 2. The molecule has 2 aromatic heterocycles. The predicted molar refractivity (Wildman–Crippen MR) is 103 cm³/mol. The summed E-state index contributed by atoms with van der Waals surface area (Å²) in [5, 5.41) is 13.1. The second-order valence-electron chi connectivity index (χ2n) is 6.65. The van der Waals surface area contributed by atoms with Crippen LogP contribution in [0.25, 0.3) is 11.0 Å². The van der Waals surface area contributed by atoms with Crippen molar-refractivity contribution in [3.63, 3.8) is 0 Å². The molecule has 1 aliphatic carbocycles. The molecule has 1 saturated carbocycles. The molecule has 0 unspecified atom stereocenters. The fourth-order valence-corrected chi connectivity index (χ4v) is 4.06. The quantitative estimate of drug-likeness (QED) is 0.677. The third-order valence-electron chi connectivity index (χ3n) is 4.97. The van der Waals surface area contributed by atoms with Crippen molar-refractivity contribution in [1.82, 2.24) is 10.2 Å². The fourth-order valence-electron chi connectivity index (χ4n) is 3.14. The minimum absolute atomic E-state index is 0.0749. The van der Waals surface area contributed by atoms with Crippen molar-refractivity contribution in [3.8, 4) is 5.75 Å². The summed E-state index contributed by atoms with van der Waals surface area (Å²) in [7, 11) is 1.55. The fraction of sp³-hybridized carbons (Fsp3) is 0.368. The van der Waals surface area contributed by atoms with Crippen molar-refractivity contribution >= 4 is 33.3 Å². The lowest BCUT2D eigenvalue weighted by Gasteiger charge is -2.21. The highest BCUT2D eigenvalue weighted by atomic mass is 32.1. The van der Waals surface area contributed by atoms with Crippen molar-refractivity contribution in [2.75, 3.05) is 12.4 Å². The van der Waals surface area contributed by atoms with Gasteiger partial charge in [0.15, 0.2) is 0 Å². The van der Waals surface area contributed by atoms with E-state index in [0.29, 0.717) is 27.9 Å². The van der Waals surface area contributed by atoms with Gasteiger partial charge in [-0.05, 0) is 37.5 Å². The zero-order valence-corrected chi connectivity index (χ0v) is 15.9. The summed E-state index contributed by atoms with van der Waals surface area (Å²) in [4.78, 5) is 24.8. The van der Waals surface area contributed by atoms with Gasteiger partial charge >= 0.3 is 5.63 Å². The largest absolute Gasteiger partial charge is 0.497 e. The molecule has 0 saturated heterocycles. The van der Waals surface area contributed by atoms with Crippen LogP contribution in [0.4, 0.5) is 5.13 Å². The summed E-state index contributed by atoms with van der Waals surface area (Å²) in [6, 6.07) is 5.28. The lowest BCUT2D eigenvalue weighted by molar-refractivity contribution is -0.115. The number of nitrogens with one attached hydrogen (secondary N) is 1. The highest BCUT2D eigenvalue weighted by molar-refractivity contribution is 7.15. The van der Waals surface area contributed by atoms with Crippen LogP contribution in [0.2, 0.25) is 0 Å². The van der Waals surface area contributed by atoms with Crippen molar-refractivity contribution < 1.29 is 13.9 Å². The molecular weight excluding hydrogens is 366 g/mol. The molecule has 8 heteroatoms. The van der Waals surface area contributed by atoms with E-state index >= 15 is 0 Å². The zero-order chi connectivity index (χ0) is 19.0. The molecule has 1 N–H and O–H groups in total. The van der Waals surface area contributed by atoms with Crippen LogP contribution in [0.1, 0.15) is 41.3 Å². The smallest absolute Gasteiger partial charge is 0.340 e. The number of fused-ring (bicyclic) bond motifs is 1.